The van der Waals surface area contributed by atoms with E-state index in [0.717, 1.165) is 5.57 Å². The largest absolute Gasteiger partial charge is 0.389 e. The maximum absolute atomic E-state index is 9.02. The maximum Gasteiger partial charge on any atom is 0.129 e. The van der Waals surface area contributed by atoms with E-state index in [1.807, 2.05) is 6.92 Å². The van der Waals surface area contributed by atoms with Crippen LogP contribution in [0.2, 0.25) is 19.6 Å². The van der Waals surface area contributed by atoms with E-state index in [0.29, 0.717) is 0 Å². The first-order valence-corrected chi connectivity index (χ1v) is 7.71. The van der Waals surface area contributed by atoms with Crippen molar-refractivity contribution in [3.63, 3.8) is 0 Å². The van der Waals surface area contributed by atoms with Crippen molar-refractivity contribution in [1.82, 2.24) is 0 Å². The van der Waals surface area contributed by atoms with Crippen molar-refractivity contribution in [2.75, 3.05) is 0 Å². The summed E-state index contributed by atoms with van der Waals surface area (Å²) >= 11 is 0. The molecule has 1 N–H and O–H groups in total. The number of aliphatic hydroxyl groups is 1. The van der Waals surface area contributed by atoms with Gasteiger partial charge in [-0.25, -0.2) is 0 Å². The summed E-state index contributed by atoms with van der Waals surface area (Å²) in [4.78, 5) is 0. The van der Waals surface area contributed by atoms with Gasteiger partial charge in [0.25, 0.3) is 0 Å². The summed E-state index contributed by atoms with van der Waals surface area (Å²) in [7, 11) is -1.25. The van der Waals surface area contributed by atoms with Crippen molar-refractivity contribution in [3.8, 4) is 11.5 Å². The standard InChI is InChI=1S/C10H18OSi/c1-9(8-10(2)11)6-7-12(3,4)5/h8,10-11H,1-5H3/b9-8-. The predicted molar refractivity (Wildman–Crippen MR) is 56.6 cm³/mol. The Morgan fingerprint density at radius 1 is 1.42 bits per heavy atom. The zero-order valence-electron chi connectivity index (χ0n) is 8.60. The second-order valence-corrected chi connectivity index (χ2v) is 8.84. The summed E-state index contributed by atoms with van der Waals surface area (Å²) in [6.07, 6.45) is 1.38. The van der Waals surface area contributed by atoms with Crippen LogP contribution in [0, 0.1) is 11.5 Å². The van der Waals surface area contributed by atoms with E-state index < -0.39 is 8.07 Å². The first-order valence-electron chi connectivity index (χ1n) is 4.21. The lowest BCUT2D eigenvalue weighted by Gasteiger charge is -2.03. The van der Waals surface area contributed by atoms with Crippen LogP contribution in [0.15, 0.2) is 11.6 Å². The fourth-order valence-electron chi connectivity index (χ4n) is 0.690. The molecule has 0 aromatic heterocycles. The Morgan fingerprint density at radius 3 is 2.25 bits per heavy atom. The Hall–Kier alpha value is -0.523. The molecule has 0 aliphatic heterocycles. The van der Waals surface area contributed by atoms with Gasteiger partial charge in [0.05, 0.1) is 6.10 Å². The molecule has 1 unspecified atom stereocenters. The van der Waals surface area contributed by atoms with E-state index in [9.17, 15) is 0 Å². The highest BCUT2D eigenvalue weighted by atomic mass is 28.3. The van der Waals surface area contributed by atoms with Crippen molar-refractivity contribution >= 4 is 8.07 Å². The van der Waals surface area contributed by atoms with Gasteiger partial charge in [-0.2, -0.15) is 0 Å². The molecule has 0 aromatic rings. The van der Waals surface area contributed by atoms with Crippen LogP contribution in [0.1, 0.15) is 13.8 Å². The van der Waals surface area contributed by atoms with Gasteiger partial charge in [0.2, 0.25) is 0 Å². The lowest BCUT2D eigenvalue weighted by atomic mass is 10.2. The third-order valence-corrected chi connectivity index (χ3v) is 2.00. The Bertz CT molecular complexity index is 222. The summed E-state index contributed by atoms with van der Waals surface area (Å²) in [5.41, 5.74) is 4.20. The summed E-state index contributed by atoms with van der Waals surface area (Å²) in [5.74, 6) is 3.07. The van der Waals surface area contributed by atoms with E-state index in [1.54, 1.807) is 13.0 Å². The smallest absolute Gasteiger partial charge is 0.129 e. The highest BCUT2D eigenvalue weighted by Gasteiger charge is 2.07. The Balaban J connectivity index is 4.32. The molecule has 0 saturated heterocycles. The van der Waals surface area contributed by atoms with E-state index >= 15 is 0 Å². The number of allylic oxidation sites excluding steroid dienone is 1. The van der Waals surface area contributed by atoms with E-state index in [1.165, 1.54) is 0 Å². The normalized spacial score (nSPS) is 15.0. The summed E-state index contributed by atoms with van der Waals surface area (Å²) in [6, 6.07) is 0. The van der Waals surface area contributed by atoms with E-state index in [2.05, 4.69) is 31.1 Å². The Labute approximate surface area is 76.5 Å². The Kier molecular flexibility index (Phi) is 4.29. The van der Waals surface area contributed by atoms with Gasteiger partial charge in [0.15, 0.2) is 0 Å². The quantitative estimate of drug-likeness (QED) is 0.487. The minimum atomic E-state index is -1.25. The lowest BCUT2D eigenvalue weighted by Crippen LogP contribution is -2.16. The first kappa shape index (κ1) is 11.5. The van der Waals surface area contributed by atoms with Crippen LogP contribution < -0.4 is 0 Å². The van der Waals surface area contributed by atoms with Crippen LogP contribution in [0.3, 0.4) is 0 Å². The number of aliphatic hydroxyl groups excluding tert-OH is 1. The third-order valence-electron chi connectivity index (χ3n) is 1.13. The summed E-state index contributed by atoms with van der Waals surface area (Å²) in [6.45, 7) is 10.3. The first-order chi connectivity index (χ1) is 5.31. The monoisotopic (exact) mass is 182 g/mol. The fraction of sp³-hybridized carbons (Fsp3) is 0.600. The minimum Gasteiger partial charge on any atom is -0.389 e. The number of rotatable bonds is 1. The fourth-order valence-corrected chi connectivity index (χ4v) is 1.26. The zero-order valence-corrected chi connectivity index (χ0v) is 9.60. The molecule has 0 spiro atoms. The van der Waals surface area contributed by atoms with Crippen molar-refractivity contribution in [2.45, 2.75) is 39.6 Å². The third kappa shape index (κ3) is 7.58. The van der Waals surface area contributed by atoms with Gasteiger partial charge in [0.1, 0.15) is 8.07 Å². The number of hydrogen-bond acceptors (Lipinski definition) is 1. The minimum absolute atomic E-state index is 0.388. The van der Waals surface area contributed by atoms with Crippen LogP contribution in [-0.4, -0.2) is 19.3 Å². The van der Waals surface area contributed by atoms with Gasteiger partial charge >= 0.3 is 0 Å². The molecular weight excluding hydrogens is 164 g/mol. The zero-order chi connectivity index (χ0) is 9.78. The molecular formula is C10H18OSi. The molecule has 1 atom stereocenters. The van der Waals surface area contributed by atoms with Gasteiger partial charge in [-0.15, -0.1) is 5.54 Å². The molecule has 0 amide bonds. The van der Waals surface area contributed by atoms with Crippen molar-refractivity contribution in [3.05, 3.63) is 11.6 Å². The molecule has 0 aromatic carbocycles. The SMILES string of the molecule is C/C(C#C[Si](C)(C)C)=C/C(C)O. The molecule has 1 nitrogen and oxygen atoms in total. The Morgan fingerprint density at radius 2 is 1.92 bits per heavy atom. The van der Waals surface area contributed by atoms with Crippen LogP contribution in [0.25, 0.3) is 0 Å². The molecule has 0 bridgehead atoms. The highest BCUT2D eigenvalue weighted by Crippen LogP contribution is 1.99. The van der Waals surface area contributed by atoms with E-state index in [-0.39, 0.29) is 6.10 Å². The second-order valence-electron chi connectivity index (χ2n) is 4.09. The van der Waals surface area contributed by atoms with Gasteiger partial charge < -0.3 is 5.11 Å². The van der Waals surface area contributed by atoms with Crippen LogP contribution in [0.5, 0.6) is 0 Å². The van der Waals surface area contributed by atoms with Crippen molar-refractivity contribution in [1.29, 1.82) is 0 Å². The van der Waals surface area contributed by atoms with Crippen LogP contribution in [-0.2, 0) is 0 Å². The average molecular weight is 182 g/mol. The van der Waals surface area contributed by atoms with Gasteiger partial charge in [-0.1, -0.05) is 25.6 Å². The molecule has 0 aliphatic rings. The highest BCUT2D eigenvalue weighted by molar-refractivity contribution is 6.83. The van der Waals surface area contributed by atoms with Crippen molar-refractivity contribution in [2.24, 2.45) is 0 Å². The summed E-state index contributed by atoms with van der Waals surface area (Å²) < 4.78 is 0. The molecule has 0 saturated carbocycles. The van der Waals surface area contributed by atoms with E-state index in [4.69, 9.17) is 5.11 Å². The molecule has 0 radical (unpaired) electrons. The molecule has 0 rings (SSSR count). The molecule has 68 valence electrons. The van der Waals surface area contributed by atoms with Crippen LogP contribution in [0.4, 0.5) is 0 Å². The predicted octanol–water partition coefficient (Wildman–Crippen LogP) is 2.19. The van der Waals surface area contributed by atoms with Gasteiger partial charge in [-0.3, -0.25) is 0 Å². The molecule has 0 fully saturated rings. The maximum atomic E-state index is 9.02. The van der Waals surface area contributed by atoms with Gasteiger partial charge in [-0.05, 0) is 25.5 Å². The number of hydrogen-bond donors (Lipinski definition) is 1. The van der Waals surface area contributed by atoms with Crippen LogP contribution >= 0.6 is 0 Å². The molecule has 2 heteroatoms. The molecule has 0 aliphatic carbocycles. The summed E-state index contributed by atoms with van der Waals surface area (Å²) in [5, 5.41) is 9.02. The van der Waals surface area contributed by atoms with Gasteiger partial charge in [0, 0.05) is 0 Å². The lowest BCUT2D eigenvalue weighted by molar-refractivity contribution is 0.243. The second kappa shape index (κ2) is 4.49. The van der Waals surface area contributed by atoms with Crippen molar-refractivity contribution < 1.29 is 5.11 Å². The average Bonchev–Trinajstić information content (AvgIpc) is 1.80. The molecule has 0 heterocycles. The topological polar surface area (TPSA) is 20.2 Å². The molecule has 12 heavy (non-hydrogen) atoms.